The Morgan fingerprint density at radius 3 is 2.69 bits per heavy atom. The van der Waals surface area contributed by atoms with Crippen LogP contribution in [0.1, 0.15) is 22.3 Å². The molecule has 4 heteroatoms. The fraction of sp³-hybridized carbons (Fsp3) is 0.167. The number of halogens is 3. The first-order valence-electron chi connectivity index (χ1n) is 4.72. The zero-order valence-corrected chi connectivity index (χ0v) is 10.8. The van der Waals surface area contributed by atoms with Gasteiger partial charge >= 0.3 is 0 Å². The maximum atomic E-state index is 13.1. The van der Waals surface area contributed by atoms with Gasteiger partial charge in [-0.1, -0.05) is 6.07 Å². The second kappa shape index (κ2) is 4.60. The Balaban J connectivity index is 2.38. The molecule has 16 heavy (non-hydrogen) atoms. The van der Waals surface area contributed by atoms with Crippen molar-refractivity contribution in [3.63, 3.8) is 0 Å². The van der Waals surface area contributed by atoms with Crippen LogP contribution in [-0.4, -0.2) is 0 Å². The van der Waals surface area contributed by atoms with Crippen LogP contribution in [0.3, 0.4) is 0 Å². The number of hydrogen-bond donors (Lipinski definition) is 0. The molecule has 0 saturated heterocycles. The van der Waals surface area contributed by atoms with Crippen molar-refractivity contribution in [1.82, 2.24) is 0 Å². The summed E-state index contributed by atoms with van der Waals surface area (Å²) in [5, 5.41) is -0.323. The molecular formula is C12H9BrClFO. The second-order valence-corrected chi connectivity index (χ2v) is 4.76. The molecule has 0 saturated carbocycles. The van der Waals surface area contributed by atoms with Crippen molar-refractivity contribution in [2.24, 2.45) is 0 Å². The minimum atomic E-state index is -0.323. The predicted octanol–water partition coefficient (Wildman–Crippen LogP) is 4.82. The number of aryl methyl sites for hydroxylation is 1. The van der Waals surface area contributed by atoms with E-state index in [1.165, 1.54) is 6.07 Å². The van der Waals surface area contributed by atoms with Gasteiger partial charge in [-0.3, -0.25) is 0 Å². The zero-order chi connectivity index (χ0) is 11.7. The van der Waals surface area contributed by atoms with E-state index in [0.717, 1.165) is 16.9 Å². The van der Waals surface area contributed by atoms with Crippen molar-refractivity contribution >= 4 is 27.5 Å². The summed E-state index contributed by atoms with van der Waals surface area (Å²) in [6.07, 6.45) is 1.60. The van der Waals surface area contributed by atoms with E-state index in [-0.39, 0.29) is 11.2 Å². The largest absolute Gasteiger partial charge is 0.469 e. The summed E-state index contributed by atoms with van der Waals surface area (Å²) < 4.78 is 18.7. The highest BCUT2D eigenvalue weighted by molar-refractivity contribution is 9.10. The van der Waals surface area contributed by atoms with Crippen molar-refractivity contribution in [3.05, 3.63) is 57.7 Å². The third-order valence-corrected chi connectivity index (χ3v) is 3.50. The summed E-state index contributed by atoms with van der Waals surface area (Å²) in [6.45, 7) is 1.85. The van der Waals surface area contributed by atoms with Gasteiger partial charge in [0.05, 0.1) is 16.1 Å². The Kier molecular flexibility index (Phi) is 3.36. The van der Waals surface area contributed by atoms with Gasteiger partial charge in [-0.25, -0.2) is 4.39 Å². The zero-order valence-electron chi connectivity index (χ0n) is 8.51. The summed E-state index contributed by atoms with van der Waals surface area (Å²) in [5.74, 6) is 0.483. The lowest BCUT2D eigenvalue weighted by atomic mass is 10.1. The minimum Gasteiger partial charge on any atom is -0.469 e. The van der Waals surface area contributed by atoms with Crippen molar-refractivity contribution in [1.29, 1.82) is 0 Å². The normalized spacial score (nSPS) is 12.8. The van der Waals surface area contributed by atoms with E-state index < -0.39 is 0 Å². The van der Waals surface area contributed by atoms with E-state index >= 15 is 0 Å². The minimum absolute atomic E-state index is 0.295. The smallest absolute Gasteiger partial charge is 0.137 e. The van der Waals surface area contributed by atoms with Crippen LogP contribution in [0.4, 0.5) is 4.39 Å². The van der Waals surface area contributed by atoms with Gasteiger partial charge < -0.3 is 4.42 Å². The summed E-state index contributed by atoms with van der Waals surface area (Å²) in [7, 11) is 0. The van der Waals surface area contributed by atoms with E-state index in [1.54, 1.807) is 18.4 Å². The molecular weight excluding hydrogens is 294 g/mol. The van der Waals surface area contributed by atoms with Gasteiger partial charge in [-0.05, 0) is 46.6 Å². The number of benzene rings is 1. The van der Waals surface area contributed by atoms with Gasteiger partial charge in [-0.15, -0.1) is 11.6 Å². The number of furan rings is 1. The predicted molar refractivity (Wildman–Crippen MR) is 65.2 cm³/mol. The maximum absolute atomic E-state index is 13.1. The van der Waals surface area contributed by atoms with Crippen LogP contribution in [0.25, 0.3) is 0 Å². The van der Waals surface area contributed by atoms with E-state index in [1.807, 2.05) is 13.0 Å². The average molecular weight is 304 g/mol. The van der Waals surface area contributed by atoms with E-state index in [9.17, 15) is 4.39 Å². The molecule has 1 atom stereocenters. The summed E-state index contributed by atoms with van der Waals surface area (Å²) in [5.41, 5.74) is 1.74. The molecule has 1 heterocycles. The number of alkyl halides is 1. The number of rotatable bonds is 2. The molecule has 1 aromatic carbocycles. The third kappa shape index (κ3) is 2.15. The molecule has 0 aliphatic heterocycles. The molecule has 0 N–H and O–H groups in total. The number of hydrogen-bond acceptors (Lipinski definition) is 1. The van der Waals surface area contributed by atoms with Crippen LogP contribution < -0.4 is 0 Å². The fourth-order valence-corrected chi connectivity index (χ4v) is 2.27. The quantitative estimate of drug-likeness (QED) is 0.725. The van der Waals surface area contributed by atoms with E-state index in [4.69, 9.17) is 16.0 Å². The lowest BCUT2D eigenvalue weighted by molar-refractivity contribution is 0.530. The van der Waals surface area contributed by atoms with Gasteiger partial charge in [0, 0.05) is 5.56 Å². The van der Waals surface area contributed by atoms with Crippen LogP contribution in [0, 0.1) is 12.7 Å². The highest BCUT2D eigenvalue weighted by Crippen LogP contribution is 2.33. The Labute approximate surface area is 106 Å². The first kappa shape index (κ1) is 11.7. The summed E-state index contributed by atoms with van der Waals surface area (Å²) in [6, 6.07) is 6.57. The van der Waals surface area contributed by atoms with Gasteiger partial charge in [0.1, 0.15) is 11.6 Å². The van der Waals surface area contributed by atoms with Crippen molar-refractivity contribution in [2.75, 3.05) is 0 Å². The lowest BCUT2D eigenvalue weighted by Crippen LogP contribution is -1.94. The molecule has 0 aliphatic rings. The molecule has 0 bridgehead atoms. The van der Waals surface area contributed by atoms with Crippen molar-refractivity contribution < 1.29 is 8.81 Å². The molecule has 1 nitrogen and oxygen atoms in total. The Morgan fingerprint density at radius 2 is 2.12 bits per heavy atom. The molecule has 0 amide bonds. The monoisotopic (exact) mass is 302 g/mol. The average Bonchev–Trinajstić information content (AvgIpc) is 2.67. The molecule has 0 fully saturated rings. The van der Waals surface area contributed by atoms with Crippen LogP contribution in [-0.2, 0) is 0 Å². The van der Waals surface area contributed by atoms with Crippen molar-refractivity contribution in [2.45, 2.75) is 12.3 Å². The molecule has 84 valence electrons. The Bertz CT molecular complexity index is 509. The highest BCUT2D eigenvalue weighted by atomic mass is 79.9. The maximum Gasteiger partial charge on any atom is 0.137 e. The van der Waals surface area contributed by atoms with Gasteiger partial charge in [0.15, 0.2) is 0 Å². The highest BCUT2D eigenvalue weighted by Gasteiger charge is 2.16. The Morgan fingerprint density at radius 1 is 1.38 bits per heavy atom. The van der Waals surface area contributed by atoms with Crippen LogP contribution >= 0.6 is 27.5 Å². The molecule has 0 radical (unpaired) electrons. The van der Waals surface area contributed by atoms with Crippen LogP contribution in [0.5, 0.6) is 0 Å². The lowest BCUT2D eigenvalue weighted by Gasteiger charge is -2.09. The second-order valence-electron chi connectivity index (χ2n) is 3.47. The van der Waals surface area contributed by atoms with Gasteiger partial charge in [-0.2, -0.15) is 0 Å². The topological polar surface area (TPSA) is 13.1 Å². The molecule has 0 spiro atoms. The van der Waals surface area contributed by atoms with Gasteiger partial charge in [0.25, 0.3) is 0 Å². The molecule has 0 aliphatic carbocycles. The third-order valence-electron chi connectivity index (χ3n) is 2.41. The first-order chi connectivity index (χ1) is 7.59. The fourth-order valence-electron chi connectivity index (χ4n) is 1.51. The van der Waals surface area contributed by atoms with Crippen LogP contribution in [0.2, 0.25) is 0 Å². The summed E-state index contributed by atoms with van der Waals surface area (Å²) >= 11 is 9.44. The standard InChI is InChI=1S/C12H9BrClFO/c1-7-9(4-5-16-7)12(14)8-2-3-11(15)10(13)6-8/h2-6,12H,1H3. The van der Waals surface area contributed by atoms with E-state index in [2.05, 4.69) is 15.9 Å². The molecule has 1 unspecified atom stereocenters. The van der Waals surface area contributed by atoms with Crippen LogP contribution in [0.15, 0.2) is 39.4 Å². The first-order valence-corrected chi connectivity index (χ1v) is 5.95. The van der Waals surface area contributed by atoms with Gasteiger partial charge in [0.2, 0.25) is 0 Å². The molecule has 2 rings (SSSR count). The van der Waals surface area contributed by atoms with E-state index in [0.29, 0.717) is 4.47 Å². The summed E-state index contributed by atoms with van der Waals surface area (Å²) in [4.78, 5) is 0. The van der Waals surface area contributed by atoms with Crippen molar-refractivity contribution in [3.8, 4) is 0 Å². The SMILES string of the molecule is Cc1occc1C(Cl)c1ccc(F)c(Br)c1. The Hall–Kier alpha value is -0.800. The molecule has 2 aromatic rings. The molecule has 1 aromatic heterocycles.